The second-order valence-electron chi connectivity index (χ2n) is 8.37. The number of alkyl halides is 3. The van der Waals surface area contributed by atoms with Gasteiger partial charge in [-0.15, -0.1) is 0 Å². The molecule has 0 saturated carbocycles. The minimum Gasteiger partial charge on any atom is -0.495 e. The Labute approximate surface area is 210 Å². The van der Waals surface area contributed by atoms with E-state index in [1.165, 1.54) is 13.5 Å². The van der Waals surface area contributed by atoms with Crippen molar-refractivity contribution in [2.75, 3.05) is 37.0 Å². The molecule has 0 atom stereocenters. The lowest BCUT2D eigenvalue weighted by Crippen LogP contribution is -2.36. The van der Waals surface area contributed by atoms with Gasteiger partial charge in [-0.25, -0.2) is 0 Å². The predicted molar refractivity (Wildman–Crippen MR) is 132 cm³/mol. The van der Waals surface area contributed by atoms with E-state index in [2.05, 4.69) is 10.2 Å². The Morgan fingerprint density at radius 3 is 2.42 bits per heavy atom. The van der Waals surface area contributed by atoms with Gasteiger partial charge in [0.05, 0.1) is 23.3 Å². The molecule has 7 nitrogen and oxygen atoms in total. The van der Waals surface area contributed by atoms with E-state index in [0.717, 1.165) is 60.3 Å². The molecular weight excluding hydrogens is 495 g/mol. The largest absolute Gasteiger partial charge is 0.495 e. The van der Waals surface area contributed by atoms with Crippen LogP contribution in [-0.2, 0) is 15.8 Å². The van der Waals surface area contributed by atoms with Gasteiger partial charge in [-0.1, -0.05) is 12.1 Å². The Balaban J connectivity index is 1.43. The van der Waals surface area contributed by atoms with Crippen molar-refractivity contribution in [3.8, 4) is 5.75 Å². The standard InChI is InChI=1S/C25H24F3N3O4S/c1-35-20-10-7-17(25(26,27)28)14-19(20)29-22(32)15-31-23(33)21(36-24(31)34)13-16-5-8-18(9-6-16)30-11-3-2-4-12-30/h5-10,13-14H,2-4,11-12,15H2,1H3,(H,29,32)/b21-13-. The maximum absolute atomic E-state index is 13.0. The summed E-state index contributed by atoms with van der Waals surface area (Å²) < 4.78 is 44.2. The highest BCUT2D eigenvalue weighted by Crippen LogP contribution is 2.36. The highest BCUT2D eigenvalue weighted by Gasteiger charge is 2.37. The molecule has 2 aliphatic rings. The highest BCUT2D eigenvalue weighted by molar-refractivity contribution is 8.18. The van der Waals surface area contributed by atoms with E-state index in [1.807, 2.05) is 24.3 Å². The first-order valence-electron chi connectivity index (χ1n) is 11.3. The van der Waals surface area contributed by atoms with E-state index in [-0.39, 0.29) is 16.3 Å². The number of ether oxygens (including phenoxy) is 1. The number of anilines is 2. The first-order valence-corrected chi connectivity index (χ1v) is 12.1. The van der Waals surface area contributed by atoms with Crippen LogP contribution in [-0.4, -0.2) is 48.7 Å². The van der Waals surface area contributed by atoms with Crippen molar-refractivity contribution in [2.45, 2.75) is 25.4 Å². The molecule has 2 aromatic carbocycles. The molecule has 0 aromatic heterocycles. The molecular formula is C25H24F3N3O4S. The molecule has 0 aliphatic carbocycles. The Bertz CT molecular complexity index is 1190. The Hall–Kier alpha value is -3.47. The van der Waals surface area contributed by atoms with Crippen LogP contribution in [0, 0.1) is 0 Å². The summed E-state index contributed by atoms with van der Waals surface area (Å²) in [5, 5.41) is 1.66. The molecule has 11 heteroatoms. The number of benzene rings is 2. The number of hydrogen-bond acceptors (Lipinski definition) is 6. The molecule has 36 heavy (non-hydrogen) atoms. The average Bonchev–Trinajstić information content (AvgIpc) is 3.11. The maximum Gasteiger partial charge on any atom is 0.416 e. The molecule has 0 radical (unpaired) electrons. The van der Waals surface area contributed by atoms with Gasteiger partial charge in [0, 0.05) is 18.8 Å². The van der Waals surface area contributed by atoms with E-state index >= 15 is 0 Å². The Morgan fingerprint density at radius 1 is 1.08 bits per heavy atom. The lowest BCUT2D eigenvalue weighted by molar-refractivity contribution is -0.137. The topological polar surface area (TPSA) is 79.0 Å². The number of nitrogens with zero attached hydrogens (tertiary/aromatic N) is 2. The lowest BCUT2D eigenvalue weighted by atomic mass is 10.1. The van der Waals surface area contributed by atoms with Crippen molar-refractivity contribution in [2.24, 2.45) is 0 Å². The number of rotatable bonds is 6. The van der Waals surface area contributed by atoms with Crippen LogP contribution in [0.25, 0.3) is 6.08 Å². The monoisotopic (exact) mass is 519 g/mol. The Kier molecular flexibility index (Phi) is 7.58. The third-order valence-electron chi connectivity index (χ3n) is 5.89. The van der Waals surface area contributed by atoms with E-state index in [0.29, 0.717) is 11.8 Å². The molecule has 3 amide bonds. The zero-order valence-corrected chi connectivity index (χ0v) is 20.2. The van der Waals surface area contributed by atoms with Crippen molar-refractivity contribution >= 4 is 46.3 Å². The number of carbonyl (C=O) groups is 3. The normalized spacial score (nSPS) is 17.6. The zero-order chi connectivity index (χ0) is 25.9. The summed E-state index contributed by atoms with van der Waals surface area (Å²) in [5.41, 5.74) is 0.647. The van der Waals surface area contributed by atoms with Crippen LogP contribution >= 0.6 is 11.8 Å². The fourth-order valence-corrected chi connectivity index (χ4v) is 4.87. The van der Waals surface area contributed by atoms with Crippen LogP contribution in [0.2, 0.25) is 0 Å². The number of thioether (sulfide) groups is 1. The minimum atomic E-state index is -4.62. The van der Waals surface area contributed by atoms with Crippen LogP contribution in [0.5, 0.6) is 5.75 Å². The molecule has 1 N–H and O–H groups in total. The van der Waals surface area contributed by atoms with Crippen molar-refractivity contribution in [1.82, 2.24) is 4.90 Å². The number of piperidine rings is 1. The molecule has 2 aliphatic heterocycles. The summed E-state index contributed by atoms with van der Waals surface area (Å²) in [5.74, 6) is -1.46. The van der Waals surface area contributed by atoms with Gasteiger partial charge in [-0.3, -0.25) is 19.3 Å². The first-order chi connectivity index (χ1) is 17.2. The number of halogens is 3. The van der Waals surface area contributed by atoms with E-state index < -0.39 is 35.3 Å². The van der Waals surface area contributed by atoms with Gasteiger partial charge in [-0.2, -0.15) is 13.2 Å². The summed E-state index contributed by atoms with van der Waals surface area (Å²) in [4.78, 5) is 40.9. The third kappa shape index (κ3) is 5.84. The Morgan fingerprint density at radius 2 is 1.78 bits per heavy atom. The van der Waals surface area contributed by atoms with Gasteiger partial charge in [-0.05, 0) is 73.0 Å². The molecule has 2 fully saturated rings. The third-order valence-corrected chi connectivity index (χ3v) is 6.80. The number of nitrogens with one attached hydrogen (secondary N) is 1. The average molecular weight is 520 g/mol. The molecule has 2 heterocycles. The van der Waals surface area contributed by atoms with Crippen LogP contribution < -0.4 is 15.0 Å². The SMILES string of the molecule is COc1ccc(C(F)(F)F)cc1NC(=O)CN1C(=O)S/C(=C\c2ccc(N3CCCCC3)cc2)C1=O. The lowest BCUT2D eigenvalue weighted by Gasteiger charge is -2.28. The summed E-state index contributed by atoms with van der Waals surface area (Å²) >= 11 is 0.705. The fraction of sp³-hybridized carbons (Fsp3) is 0.320. The summed E-state index contributed by atoms with van der Waals surface area (Å²) in [6, 6.07) is 10.3. The summed E-state index contributed by atoms with van der Waals surface area (Å²) in [6.45, 7) is 1.37. The smallest absolute Gasteiger partial charge is 0.416 e. The van der Waals surface area contributed by atoms with E-state index in [9.17, 15) is 27.6 Å². The van der Waals surface area contributed by atoms with Crippen molar-refractivity contribution < 1.29 is 32.3 Å². The van der Waals surface area contributed by atoms with Crippen LogP contribution in [0.15, 0.2) is 47.4 Å². The van der Waals surface area contributed by atoms with Gasteiger partial charge in [0.1, 0.15) is 12.3 Å². The molecule has 4 rings (SSSR count). The predicted octanol–water partition coefficient (Wildman–Crippen LogP) is 5.38. The molecule has 0 unspecified atom stereocenters. The maximum atomic E-state index is 13.0. The van der Waals surface area contributed by atoms with E-state index in [1.54, 1.807) is 6.08 Å². The second-order valence-corrected chi connectivity index (χ2v) is 9.36. The van der Waals surface area contributed by atoms with Gasteiger partial charge in [0.2, 0.25) is 5.91 Å². The quantitative estimate of drug-likeness (QED) is 0.517. The molecule has 0 spiro atoms. The number of carbonyl (C=O) groups excluding carboxylic acids is 3. The number of hydrogen-bond donors (Lipinski definition) is 1. The van der Waals surface area contributed by atoms with Crippen LogP contribution in [0.4, 0.5) is 29.3 Å². The van der Waals surface area contributed by atoms with Crippen molar-refractivity contribution in [3.63, 3.8) is 0 Å². The van der Waals surface area contributed by atoms with E-state index in [4.69, 9.17) is 4.74 Å². The molecule has 190 valence electrons. The number of amides is 3. The van der Waals surface area contributed by atoms with Crippen molar-refractivity contribution in [1.29, 1.82) is 0 Å². The number of imide groups is 1. The van der Waals surface area contributed by atoms with Gasteiger partial charge in [0.25, 0.3) is 11.1 Å². The zero-order valence-electron chi connectivity index (χ0n) is 19.4. The van der Waals surface area contributed by atoms with Crippen LogP contribution in [0.1, 0.15) is 30.4 Å². The molecule has 2 aromatic rings. The fourth-order valence-electron chi connectivity index (χ4n) is 4.04. The van der Waals surface area contributed by atoms with Gasteiger partial charge < -0.3 is 15.0 Å². The molecule has 2 saturated heterocycles. The van der Waals surface area contributed by atoms with Gasteiger partial charge in [0.15, 0.2) is 0 Å². The van der Waals surface area contributed by atoms with Crippen molar-refractivity contribution in [3.05, 3.63) is 58.5 Å². The second kappa shape index (κ2) is 10.7. The molecule has 0 bridgehead atoms. The highest BCUT2D eigenvalue weighted by atomic mass is 32.2. The number of methoxy groups -OCH3 is 1. The summed E-state index contributed by atoms with van der Waals surface area (Å²) in [7, 11) is 1.25. The van der Waals surface area contributed by atoms with Gasteiger partial charge >= 0.3 is 6.18 Å². The van der Waals surface area contributed by atoms with Crippen LogP contribution in [0.3, 0.4) is 0 Å². The summed E-state index contributed by atoms with van der Waals surface area (Å²) in [6.07, 6.45) is 0.510. The minimum absolute atomic E-state index is 0.0124. The first kappa shape index (κ1) is 25.6.